The maximum absolute atomic E-state index is 9.25. The molecule has 1 aromatic rings. The van der Waals surface area contributed by atoms with E-state index in [0.29, 0.717) is 5.69 Å². The molecule has 0 aromatic carbocycles. The summed E-state index contributed by atoms with van der Waals surface area (Å²) in [5.74, 6) is 0.835. The molecule has 1 aromatic heterocycles. The first-order valence-corrected chi connectivity index (χ1v) is 7.05. The van der Waals surface area contributed by atoms with Gasteiger partial charge in [0.2, 0.25) is 0 Å². The van der Waals surface area contributed by atoms with Gasteiger partial charge in [-0.15, -0.1) is 0 Å². The number of nitrogens with two attached hydrogens (primary N) is 1. The third kappa shape index (κ3) is 3.07. The molecule has 0 radical (unpaired) electrons. The minimum Gasteiger partial charge on any atom is -0.395 e. The highest BCUT2D eigenvalue weighted by Crippen LogP contribution is 2.24. The van der Waals surface area contributed by atoms with Crippen LogP contribution in [-0.2, 0) is 13.5 Å². The molecule has 5 nitrogen and oxygen atoms in total. The summed E-state index contributed by atoms with van der Waals surface area (Å²) in [4.78, 5) is 0. The molecule has 98 valence electrons. The zero-order valence-corrected chi connectivity index (χ0v) is 11.7. The number of nitrogen functional groups attached to an aromatic ring is 1. The van der Waals surface area contributed by atoms with Crippen molar-refractivity contribution >= 4 is 23.3 Å². The van der Waals surface area contributed by atoms with Crippen LogP contribution in [0.5, 0.6) is 0 Å². The van der Waals surface area contributed by atoms with Crippen LogP contribution in [0.15, 0.2) is 0 Å². The van der Waals surface area contributed by atoms with Gasteiger partial charge in [0, 0.05) is 18.3 Å². The standard InChI is InChI=1S/C11H22N4OS/c1-5-8-10(12)11(15(3)14-8)13-7(2)9(6-16)17-4/h7,9,13,16H,5-6,12H2,1-4H3. The van der Waals surface area contributed by atoms with E-state index in [9.17, 15) is 5.11 Å². The van der Waals surface area contributed by atoms with Crippen molar-refractivity contribution in [2.45, 2.75) is 31.6 Å². The maximum Gasteiger partial charge on any atom is 0.148 e. The van der Waals surface area contributed by atoms with Crippen LogP contribution in [-0.4, -0.2) is 39.0 Å². The molecule has 0 bridgehead atoms. The minimum atomic E-state index is 0.136. The van der Waals surface area contributed by atoms with Gasteiger partial charge >= 0.3 is 0 Å². The summed E-state index contributed by atoms with van der Waals surface area (Å²) in [5.41, 5.74) is 7.65. The Balaban J connectivity index is 2.84. The van der Waals surface area contributed by atoms with Crippen LogP contribution in [0, 0.1) is 0 Å². The van der Waals surface area contributed by atoms with E-state index in [1.807, 2.05) is 27.2 Å². The van der Waals surface area contributed by atoms with Crippen LogP contribution in [0.3, 0.4) is 0 Å². The lowest BCUT2D eigenvalue weighted by Gasteiger charge is -2.22. The van der Waals surface area contributed by atoms with Crippen molar-refractivity contribution in [3.63, 3.8) is 0 Å². The molecule has 1 heterocycles. The number of thioether (sulfide) groups is 1. The third-order valence-electron chi connectivity index (χ3n) is 2.90. The van der Waals surface area contributed by atoms with Crippen molar-refractivity contribution in [2.24, 2.45) is 7.05 Å². The molecular weight excluding hydrogens is 236 g/mol. The van der Waals surface area contributed by atoms with E-state index in [1.54, 1.807) is 16.4 Å². The van der Waals surface area contributed by atoms with Gasteiger partial charge in [-0.3, -0.25) is 4.68 Å². The van der Waals surface area contributed by atoms with Gasteiger partial charge in [0.1, 0.15) is 5.82 Å². The highest BCUT2D eigenvalue weighted by Gasteiger charge is 2.19. The number of aliphatic hydroxyl groups is 1. The summed E-state index contributed by atoms with van der Waals surface area (Å²) in [6.07, 6.45) is 2.81. The molecule has 0 aliphatic heterocycles. The average Bonchev–Trinajstić information content (AvgIpc) is 2.58. The zero-order chi connectivity index (χ0) is 13.0. The highest BCUT2D eigenvalue weighted by atomic mass is 32.2. The van der Waals surface area contributed by atoms with Gasteiger partial charge in [0.05, 0.1) is 18.0 Å². The van der Waals surface area contributed by atoms with Gasteiger partial charge in [-0.2, -0.15) is 16.9 Å². The molecule has 1 rings (SSSR count). The number of hydrogen-bond donors (Lipinski definition) is 3. The van der Waals surface area contributed by atoms with Crippen LogP contribution in [0.25, 0.3) is 0 Å². The molecule has 2 unspecified atom stereocenters. The van der Waals surface area contributed by atoms with Crippen LogP contribution < -0.4 is 11.1 Å². The SMILES string of the molecule is CCc1nn(C)c(NC(C)C(CO)SC)c1N. The lowest BCUT2D eigenvalue weighted by atomic mass is 10.2. The Morgan fingerprint density at radius 2 is 2.24 bits per heavy atom. The van der Waals surface area contributed by atoms with Gasteiger partial charge in [-0.25, -0.2) is 0 Å². The van der Waals surface area contributed by atoms with Gasteiger partial charge in [-0.05, 0) is 19.6 Å². The van der Waals surface area contributed by atoms with E-state index in [2.05, 4.69) is 10.4 Å². The summed E-state index contributed by atoms with van der Waals surface area (Å²) < 4.78 is 1.76. The van der Waals surface area contributed by atoms with Crippen molar-refractivity contribution in [3.05, 3.63) is 5.69 Å². The quantitative estimate of drug-likeness (QED) is 0.712. The van der Waals surface area contributed by atoms with Crippen LogP contribution in [0.1, 0.15) is 19.5 Å². The van der Waals surface area contributed by atoms with Crippen molar-refractivity contribution in [1.82, 2.24) is 9.78 Å². The van der Waals surface area contributed by atoms with Gasteiger partial charge in [0.25, 0.3) is 0 Å². The normalized spacial score (nSPS) is 14.6. The first-order valence-electron chi connectivity index (χ1n) is 5.76. The molecule has 4 N–H and O–H groups in total. The Morgan fingerprint density at radius 3 is 2.65 bits per heavy atom. The van der Waals surface area contributed by atoms with E-state index < -0.39 is 0 Å². The van der Waals surface area contributed by atoms with Gasteiger partial charge in [-0.1, -0.05) is 6.92 Å². The summed E-state index contributed by atoms with van der Waals surface area (Å²) in [5, 5.41) is 17.1. The number of hydrogen-bond acceptors (Lipinski definition) is 5. The van der Waals surface area contributed by atoms with Gasteiger partial charge in [0.15, 0.2) is 0 Å². The summed E-state index contributed by atoms with van der Waals surface area (Å²) in [6, 6.07) is 0.136. The minimum absolute atomic E-state index is 0.136. The lowest BCUT2D eigenvalue weighted by molar-refractivity contribution is 0.288. The molecule has 6 heteroatoms. The first-order chi connectivity index (χ1) is 8.04. The lowest BCUT2D eigenvalue weighted by Crippen LogP contribution is -2.32. The molecule has 0 fully saturated rings. The van der Waals surface area contributed by atoms with Crippen LogP contribution >= 0.6 is 11.8 Å². The smallest absolute Gasteiger partial charge is 0.148 e. The van der Waals surface area contributed by atoms with E-state index >= 15 is 0 Å². The van der Waals surface area contributed by atoms with E-state index in [0.717, 1.165) is 17.9 Å². The molecule has 0 aliphatic carbocycles. The number of aromatic nitrogens is 2. The van der Waals surface area contributed by atoms with Crippen molar-refractivity contribution in [1.29, 1.82) is 0 Å². The molecule has 0 saturated carbocycles. The third-order valence-corrected chi connectivity index (χ3v) is 4.06. The summed E-state index contributed by atoms with van der Waals surface area (Å²) in [6.45, 7) is 4.22. The Bertz CT molecular complexity index is 363. The Kier molecular flexibility index (Phi) is 5.14. The van der Waals surface area contributed by atoms with E-state index in [-0.39, 0.29) is 17.9 Å². The fourth-order valence-corrected chi connectivity index (χ4v) is 2.40. The average molecular weight is 258 g/mol. The molecular formula is C11H22N4OS. The van der Waals surface area contributed by atoms with Crippen LogP contribution in [0.2, 0.25) is 0 Å². The molecule has 0 aliphatic rings. The number of aryl methyl sites for hydroxylation is 2. The van der Waals surface area contributed by atoms with E-state index in [4.69, 9.17) is 5.73 Å². The summed E-state index contributed by atoms with van der Waals surface area (Å²) >= 11 is 1.64. The van der Waals surface area contributed by atoms with Crippen LogP contribution in [0.4, 0.5) is 11.5 Å². The number of aliphatic hydroxyl groups excluding tert-OH is 1. The van der Waals surface area contributed by atoms with Crippen molar-refractivity contribution in [3.8, 4) is 0 Å². The maximum atomic E-state index is 9.25. The van der Waals surface area contributed by atoms with Crippen molar-refractivity contribution in [2.75, 3.05) is 23.9 Å². The van der Waals surface area contributed by atoms with E-state index in [1.165, 1.54) is 0 Å². The number of rotatable bonds is 6. The summed E-state index contributed by atoms with van der Waals surface area (Å²) in [7, 11) is 1.87. The molecule has 0 saturated heterocycles. The Labute approximate surface area is 107 Å². The Morgan fingerprint density at radius 1 is 1.59 bits per heavy atom. The second-order valence-electron chi connectivity index (χ2n) is 4.08. The monoisotopic (exact) mass is 258 g/mol. The molecule has 0 spiro atoms. The largest absolute Gasteiger partial charge is 0.395 e. The van der Waals surface area contributed by atoms with Crippen molar-refractivity contribution < 1.29 is 5.11 Å². The topological polar surface area (TPSA) is 76.1 Å². The molecule has 2 atom stereocenters. The van der Waals surface area contributed by atoms with Gasteiger partial charge < -0.3 is 16.2 Å². The number of nitrogens with one attached hydrogen (secondary N) is 1. The highest BCUT2D eigenvalue weighted by molar-refractivity contribution is 7.99. The predicted octanol–water partition coefficient (Wildman–Crippen LogP) is 1.09. The fourth-order valence-electron chi connectivity index (χ4n) is 1.77. The zero-order valence-electron chi connectivity index (χ0n) is 10.9. The molecule has 17 heavy (non-hydrogen) atoms. The number of nitrogens with zero attached hydrogens (tertiary/aromatic N) is 2. The second kappa shape index (κ2) is 6.16. The Hall–Kier alpha value is -0.880. The number of anilines is 2. The molecule has 0 amide bonds. The first kappa shape index (κ1) is 14.2. The predicted molar refractivity (Wildman–Crippen MR) is 74.5 cm³/mol. The fraction of sp³-hybridized carbons (Fsp3) is 0.727. The second-order valence-corrected chi connectivity index (χ2v) is 5.15.